The molecule has 1 aromatic carbocycles. The standard InChI is InChI=1S/C12H16BrNO3/c1-12(2,3)17-11(16)14-9-7-5-4-6-8(9)10(13)15/h4-7,10,15H,1-3H3,(H,14,16). The Morgan fingerprint density at radius 1 is 1.41 bits per heavy atom. The molecular formula is C12H16BrNO3. The number of halogens is 1. The van der Waals surface area contributed by atoms with Gasteiger partial charge in [-0.2, -0.15) is 0 Å². The maximum atomic E-state index is 11.6. The number of para-hydroxylation sites is 1. The van der Waals surface area contributed by atoms with Crippen LogP contribution in [-0.4, -0.2) is 16.8 Å². The van der Waals surface area contributed by atoms with Gasteiger partial charge in [0.1, 0.15) is 10.6 Å². The molecule has 0 radical (unpaired) electrons. The molecule has 1 amide bonds. The third-order valence-electron chi connectivity index (χ3n) is 1.85. The smallest absolute Gasteiger partial charge is 0.412 e. The van der Waals surface area contributed by atoms with Crippen LogP contribution in [-0.2, 0) is 4.74 Å². The molecule has 0 aliphatic rings. The zero-order chi connectivity index (χ0) is 13.1. The van der Waals surface area contributed by atoms with Crippen molar-refractivity contribution in [1.29, 1.82) is 0 Å². The molecule has 0 aliphatic heterocycles. The lowest BCUT2D eigenvalue weighted by Gasteiger charge is -2.20. The molecule has 1 unspecified atom stereocenters. The molecule has 1 aromatic rings. The lowest BCUT2D eigenvalue weighted by atomic mass is 10.2. The highest BCUT2D eigenvalue weighted by Crippen LogP contribution is 2.27. The third-order valence-corrected chi connectivity index (χ3v) is 2.35. The molecule has 0 aliphatic carbocycles. The van der Waals surface area contributed by atoms with Gasteiger partial charge in [0.05, 0.1) is 5.69 Å². The van der Waals surface area contributed by atoms with Crippen LogP contribution in [0.2, 0.25) is 0 Å². The number of hydrogen-bond acceptors (Lipinski definition) is 3. The molecule has 5 heteroatoms. The first-order chi connectivity index (χ1) is 7.79. The van der Waals surface area contributed by atoms with Crippen molar-refractivity contribution in [3.8, 4) is 0 Å². The van der Waals surface area contributed by atoms with E-state index >= 15 is 0 Å². The van der Waals surface area contributed by atoms with Gasteiger partial charge in [0.2, 0.25) is 0 Å². The van der Waals surface area contributed by atoms with Crippen LogP contribution in [0.3, 0.4) is 0 Å². The quantitative estimate of drug-likeness (QED) is 0.823. The van der Waals surface area contributed by atoms with Gasteiger partial charge >= 0.3 is 6.09 Å². The Kier molecular flexibility index (Phi) is 4.54. The first kappa shape index (κ1) is 14.0. The van der Waals surface area contributed by atoms with E-state index in [-0.39, 0.29) is 0 Å². The normalized spacial score (nSPS) is 13.0. The highest BCUT2D eigenvalue weighted by atomic mass is 79.9. The summed E-state index contributed by atoms with van der Waals surface area (Å²) in [5, 5.41) is 11.2. The second kappa shape index (κ2) is 5.51. The Bertz CT molecular complexity index is 399. The maximum absolute atomic E-state index is 11.6. The monoisotopic (exact) mass is 301 g/mol. The molecule has 0 bridgehead atoms. The zero-order valence-electron chi connectivity index (χ0n) is 10.0. The summed E-state index contributed by atoms with van der Waals surface area (Å²) in [7, 11) is 0. The molecule has 1 atom stereocenters. The Hall–Kier alpha value is -1.07. The molecule has 0 fully saturated rings. The molecule has 0 aromatic heterocycles. The second-order valence-electron chi connectivity index (χ2n) is 4.55. The van der Waals surface area contributed by atoms with Crippen LogP contribution in [0, 0.1) is 0 Å². The topological polar surface area (TPSA) is 58.6 Å². The van der Waals surface area contributed by atoms with Gasteiger partial charge < -0.3 is 9.84 Å². The summed E-state index contributed by atoms with van der Waals surface area (Å²) in [6.45, 7) is 5.37. The van der Waals surface area contributed by atoms with Crippen molar-refractivity contribution in [2.24, 2.45) is 0 Å². The minimum atomic E-state index is -0.825. The largest absolute Gasteiger partial charge is 0.444 e. The summed E-state index contributed by atoms with van der Waals surface area (Å²) in [5.41, 5.74) is 0.552. The lowest BCUT2D eigenvalue weighted by Crippen LogP contribution is -2.27. The number of aliphatic hydroxyl groups excluding tert-OH is 1. The van der Waals surface area contributed by atoms with Gasteiger partial charge in [-0.3, -0.25) is 5.32 Å². The Labute approximate surface area is 109 Å². The predicted molar refractivity (Wildman–Crippen MR) is 70.2 cm³/mol. The van der Waals surface area contributed by atoms with E-state index < -0.39 is 16.7 Å². The molecule has 4 nitrogen and oxygen atoms in total. The van der Waals surface area contributed by atoms with Crippen LogP contribution < -0.4 is 5.32 Å². The van der Waals surface area contributed by atoms with Gasteiger partial charge in [0, 0.05) is 5.56 Å². The molecule has 94 valence electrons. The van der Waals surface area contributed by atoms with Crippen molar-refractivity contribution < 1.29 is 14.6 Å². The number of rotatable bonds is 2. The fourth-order valence-electron chi connectivity index (χ4n) is 1.23. The van der Waals surface area contributed by atoms with Crippen LogP contribution in [0.25, 0.3) is 0 Å². The summed E-state index contributed by atoms with van der Waals surface area (Å²) < 4.78 is 5.13. The number of aliphatic hydroxyl groups is 1. The summed E-state index contributed by atoms with van der Waals surface area (Å²) in [4.78, 5) is 11.6. The van der Waals surface area contributed by atoms with Gasteiger partial charge in [0.15, 0.2) is 0 Å². The molecule has 0 spiro atoms. The van der Waals surface area contributed by atoms with Gasteiger partial charge in [-0.25, -0.2) is 4.79 Å². The summed E-state index contributed by atoms with van der Waals surface area (Å²) in [5.74, 6) is 0. The summed E-state index contributed by atoms with van der Waals surface area (Å²) >= 11 is 3.05. The zero-order valence-corrected chi connectivity index (χ0v) is 11.6. The number of carbonyl (C=O) groups is 1. The number of amides is 1. The number of ether oxygens (including phenoxy) is 1. The Balaban J connectivity index is 2.78. The van der Waals surface area contributed by atoms with Crippen LogP contribution in [0.15, 0.2) is 24.3 Å². The number of hydrogen-bond donors (Lipinski definition) is 2. The van der Waals surface area contributed by atoms with Crippen LogP contribution >= 0.6 is 15.9 Å². The molecule has 0 saturated carbocycles. The number of nitrogens with one attached hydrogen (secondary N) is 1. The number of benzene rings is 1. The molecular weight excluding hydrogens is 286 g/mol. The lowest BCUT2D eigenvalue weighted by molar-refractivity contribution is 0.0635. The van der Waals surface area contributed by atoms with E-state index in [1.807, 2.05) is 0 Å². The van der Waals surface area contributed by atoms with Crippen molar-refractivity contribution in [2.45, 2.75) is 31.4 Å². The van der Waals surface area contributed by atoms with E-state index in [4.69, 9.17) is 4.74 Å². The van der Waals surface area contributed by atoms with E-state index in [1.165, 1.54) is 0 Å². The van der Waals surface area contributed by atoms with E-state index in [0.29, 0.717) is 11.3 Å². The fraction of sp³-hybridized carbons (Fsp3) is 0.417. The van der Waals surface area contributed by atoms with Crippen molar-refractivity contribution in [3.05, 3.63) is 29.8 Å². The van der Waals surface area contributed by atoms with Crippen molar-refractivity contribution in [3.63, 3.8) is 0 Å². The van der Waals surface area contributed by atoms with Crippen molar-refractivity contribution in [1.82, 2.24) is 0 Å². The second-order valence-corrected chi connectivity index (χ2v) is 5.42. The molecule has 0 heterocycles. The minimum Gasteiger partial charge on any atom is -0.444 e. The van der Waals surface area contributed by atoms with Gasteiger partial charge in [0.25, 0.3) is 0 Å². The first-order valence-corrected chi connectivity index (χ1v) is 6.12. The Morgan fingerprint density at radius 3 is 2.53 bits per heavy atom. The first-order valence-electron chi connectivity index (χ1n) is 5.20. The van der Waals surface area contributed by atoms with Gasteiger partial charge in [-0.05, 0) is 26.8 Å². The molecule has 0 saturated heterocycles. The number of alkyl halides is 1. The number of carbonyl (C=O) groups excluding carboxylic acids is 1. The minimum absolute atomic E-state index is 0.520. The summed E-state index contributed by atoms with van der Waals surface area (Å²) in [6.07, 6.45) is -0.543. The highest BCUT2D eigenvalue weighted by molar-refractivity contribution is 9.09. The average molecular weight is 302 g/mol. The fourth-order valence-corrected chi connectivity index (χ4v) is 1.63. The van der Waals surface area contributed by atoms with Gasteiger partial charge in [-0.15, -0.1) is 0 Å². The van der Waals surface area contributed by atoms with Gasteiger partial charge in [-0.1, -0.05) is 34.1 Å². The van der Waals surface area contributed by atoms with E-state index in [0.717, 1.165) is 0 Å². The van der Waals surface area contributed by atoms with E-state index in [1.54, 1.807) is 45.0 Å². The van der Waals surface area contributed by atoms with E-state index in [9.17, 15) is 9.90 Å². The van der Waals surface area contributed by atoms with Crippen molar-refractivity contribution in [2.75, 3.05) is 5.32 Å². The number of anilines is 1. The molecule has 2 N–H and O–H groups in total. The predicted octanol–water partition coefficient (Wildman–Crippen LogP) is 3.42. The Morgan fingerprint density at radius 2 is 2.00 bits per heavy atom. The summed E-state index contributed by atoms with van der Waals surface area (Å²) in [6, 6.07) is 6.96. The van der Waals surface area contributed by atoms with Crippen LogP contribution in [0.4, 0.5) is 10.5 Å². The van der Waals surface area contributed by atoms with E-state index in [2.05, 4.69) is 21.2 Å². The van der Waals surface area contributed by atoms with Crippen LogP contribution in [0.5, 0.6) is 0 Å². The molecule has 1 rings (SSSR count). The van der Waals surface area contributed by atoms with Crippen molar-refractivity contribution >= 4 is 27.7 Å². The maximum Gasteiger partial charge on any atom is 0.412 e. The van der Waals surface area contributed by atoms with Crippen LogP contribution in [0.1, 0.15) is 31.3 Å². The highest BCUT2D eigenvalue weighted by Gasteiger charge is 2.18. The third kappa shape index (κ3) is 4.75. The SMILES string of the molecule is CC(C)(C)OC(=O)Nc1ccccc1C(O)Br. The molecule has 17 heavy (non-hydrogen) atoms. The average Bonchev–Trinajstić information content (AvgIpc) is 2.14.